The fourth-order valence-electron chi connectivity index (χ4n) is 1.96. The van der Waals surface area contributed by atoms with E-state index in [-0.39, 0.29) is 17.2 Å². The molecule has 2 fully saturated rings. The molecule has 1 unspecified atom stereocenters. The molecule has 2 saturated heterocycles. The van der Waals surface area contributed by atoms with Gasteiger partial charge in [-0.1, -0.05) is 0 Å². The maximum atomic E-state index is 11.4. The lowest BCUT2D eigenvalue weighted by atomic mass is 10.00. The van der Waals surface area contributed by atoms with Gasteiger partial charge in [-0.3, -0.25) is 9.59 Å². The zero-order valence-corrected chi connectivity index (χ0v) is 7.71. The summed E-state index contributed by atoms with van der Waals surface area (Å²) in [5.74, 6) is -0.582. The molecule has 4 heteroatoms. The van der Waals surface area contributed by atoms with Crippen molar-refractivity contribution in [3.05, 3.63) is 0 Å². The number of ketones is 1. The normalized spacial score (nSPS) is 34.7. The summed E-state index contributed by atoms with van der Waals surface area (Å²) in [5.41, 5.74) is -0.233. The van der Waals surface area contributed by atoms with Crippen molar-refractivity contribution in [2.45, 2.75) is 25.3 Å². The van der Waals surface area contributed by atoms with Crippen LogP contribution in [-0.2, 0) is 14.3 Å². The summed E-state index contributed by atoms with van der Waals surface area (Å²) in [4.78, 5) is 24.1. The molecule has 0 radical (unpaired) electrons. The van der Waals surface area contributed by atoms with Gasteiger partial charge in [0.25, 0.3) is 5.91 Å². The standard InChI is InChI=1S/C9H13NO3/c1-9(3-5-13-6-9)10-4-2-7(11)8(10)12/h2-6H2,1H3. The van der Waals surface area contributed by atoms with Crippen molar-refractivity contribution >= 4 is 11.7 Å². The Balaban J connectivity index is 2.17. The van der Waals surface area contributed by atoms with Crippen molar-refractivity contribution in [2.24, 2.45) is 0 Å². The highest BCUT2D eigenvalue weighted by Gasteiger charge is 2.44. The van der Waals surface area contributed by atoms with Crippen molar-refractivity contribution in [1.82, 2.24) is 4.90 Å². The average molecular weight is 183 g/mol. The molecule has 72 valence electrons. The fourth-order valence-corrected chi connectivity index (χ4v) is 1.96. The van der Waals surface area contributed by atoms with Gasteiger partial charge in [0.15, 0.2) is 0 Å². The van der Waals surface area contributed by atoms with E-state index in [4.69, 9.17) is 4.74 Å². The van der Waals surface area contributed by atoms with Crippen molar-refractivity contribution in [3.8, 4) is 0 Å². The molecule has 0 aromatic rings. The minimum absolute atomic E-state index is 0.233. The minimum atomic E-state index is -0.326. The van der Waals surface area contributed by atoms with E-state index in [1.807, 2.05) is 6.92 Å². The third-order valence-corrected chi connectivity index (χ3v) is 2.90. The summed E-state index contributed by atoms with van der Waals surface area (Å²) < 4.78 is 5.25. The molecule has 1 amide bonds. The quantitative estimate of drug-likeness (QED) is 0.536. The molecular formula is C9H13NO3. The van der Waals surface area contributed by atoms with Crippen LogP contribution in [0.25, 0.3) is 0 Å². The molecule has 2 aliphatic rings. The molecule has 1 atom stereocenters. The van der Waals surface area contributed by atoms with Crippen LogP contribution in [0.5, 0.6) is 0 Å². The molecule has 0 aromatic carbocycles. The predicted octanol–water partition coefficient (Wildman–Crippen LogP) is -0.0332. The van der Waals surface area contributed by atoms with Gasteiger partial charge in [-0.15, -0.1) is 0 Å². The molecule has 0 aliphatic carbocycles. The summed E-state index contributed by atoms with van der Waals surface area (Å²) >= 11 is 0. The van der Waals surface area contributed by atoms with Gasteiger partial charge >= 0.3 is 0 Å². The predicted molar refractivity (Wildman–Crippen MR) is 45.2 cm³/mol. The number of rotatable bonds is 1. The van der Waals surface area contributed by atoms with Crippen LogP contribution in [0.3, 0.4) is 0 Å². The number of carbonyl (C=O) groups excluding carboxylic acids is 2. The van der Waals surface area contributed by atoms with E-state index < -0.39 is 0 Å². The maximum absolute atomic E-state index is 11.4. The lowest BCUT2D eigenvalue weighted by Crippen LogP contribution is -2.48. The first-order valence-electron chi connectivity index (χ1n) is 4.56. The Morgan fingerprint density at radius 3 is 2.69 bits per heavy atom. The Kier molecular flexibility index (Phi) is 1.87. The van der Waals surface area contributed by atoms with Crippen molar-refractivity contribution in [3.63, 3.8) is 0 Å². The molecule has 0 bridgehead atoms. The summed E-state index contributed by atoms with van der Waals surface area (Å²) in [7, 11) is 0. The van der Waals surface area contributed by atoms with E-state index in [0.29, 0.717) is 26.2 Å². The smallest absolute Gasteiger partial charge is 0.290 e. The van der Waals surface area contributed by atoms with Crippen LogP contribution >= 0.6 is 0 Å². The average Bonchev–Trinajstić information content (AvgIpc) is 2.63. The summed E-state index contributed by atoms with van der Waals surface area (Å²) in [5, 5.41) is 0. The first-order chi connectivity index (χ1) is 6.13. The lowest BCUT2D eigenvalue weighted by molar-refractivity contribution is -0.143. The molecule has 2 rings (SSSR count). The zero-order chi connectivity index (χ0) is 9.47. The first-order valence-corrected chi connectivity index (χ1v) is 4.56. The molecule has 0 N–H and O–H groups in total. The Morgan fingerprint density at radius 1 is 1.46 bits per heavy atom. The Hall–Kier alpha value is -0.900. The van der Waals surface area contributed by atoms with E-state index in [9.17, 15) is 9.59 Å². The maximum Gasteiger partial charge on any atom is 0.290 e. The first kappa shape index (κ1) is 8.69. The monoisotopic (exact) mass is 183 g/mol. The Labute approximate surface area is 76.8 Å². The Morgan fingerprint density at radius 2 is 2.23 bits per heavy atom. The number of likely N-dealkylation sites (tertiary alicyclic amines) is 1. The van der Waals surface area contributed by atoms with E-state index >= 15 is 0 Å². The highest BCUT2D eigenvalue weighted by atomic mass is 16.5. The highest BCUT2D eigenvalue weighted by Crippen LogP contribution is 2.28. The fraction of sp³-hybridized carbons (Fsp3) is 0.778. The van der Waals surface area contributed by atoms with E-state index in [2.05, 4.69) is 0 Å². The molecule has 0 saturated carbocycles. The van der Waals surface area contributed by atoms with E-state index in [1.54, 1.807) is 4.90 Å². The molecular weight excluding hydrogens is 170 g/mol. The van der Waals surface area contributed by atoms with Gasteiger partial charge in [0.05, 0.1) is 12.1 Å². The van der Waals surface area contributed by atoms with E-state index in [0.717, 1.165) is 6.42 Å². The van der Waals surface area contributed by atoms with Crippen LogP contribution in [0, 0.1) is 0 Å². The number of hydrogen-bond acceptors (Lipinski definition) is 3. The van der Waals surface area contributed by atoms with Crippen LogP contribution in [-0.4, -0.2) is 41.9 Å². The van der Waals surface area contributed by atoms with Gasteiger partial charge < -0.3 is 9.64 Å². The van der Waals surface area contributed by atoms with Crippen LogP contribution in [0.4, 0.5) is 0 Å². The molecule has 0 aromatic heterocycles. The van der Waals surface area contributed by atoms with Crippen LogP contribution < -0.4 is 0 Å². The van der Waals surface area contributed by atoms with Crippen LogP contribution in [0.1, 0.15) is 19.8 Å². The number of Topliss-reactive ketones (excluding diaryl/α,β-unsaturated/α-hetero) is 1. The largest absolute Gasteiger partial charge is 0.379 e. The number of carbonyl (C=O) groups is 2. The second-order valence-electron chi connectivity index (χ2n) is 3.93. The lowest BCUT2D eigenvalue weighted by Gasteiger charge is -2.32. The molecule has 0 spiro atoms. The number of hydrogen-bond donors (Lipinski definition) is 0. The number of ether oxygens (including phenoxy) is 1. The summed E-state index contributed by atoms with van der Waals surface area (Å²) in [6, 6.07) is 0. The third-order valence-electron chi connectivity index (χ3n) is 2.90. The second-order valence-corrected chi connectivity index (χ2v) is 3.93. The second kappa shape index (κ2) is 2.80. The summed E-state index contributed by atoms with van der Waals surface area (Å²) in [6.45, 7) is 3.80. The molecule has 2 heterocycles. The zero-order valence-electron chi connectivity index (χ0n) is 7.71. The van der Waals surface area contributed by atoms with Gasteiger partial charge in [0, 0.05) is 19.6 Å². The third kappa shape index (κ3) is 1.25. The van der Waals surface area contributed by atoms with Crippen LogP contribution in [0.2, 0.25) is 0 Å². The molecule has 2 aliphatic heterocycles. The molecule has 13 heavy (non-hydrogen) atoms. The van der Waals surface area contributed by atoms with Gasteiger partial charge in [0.2, 0.25) is 5.78 Å². The van der Waals surface area contributed by atoms with Crippen molar-refractivity contribution < 1.29 is 14.3 Å². The highest BCUT2D eigenvalue weighted by molar-refractivity contribution is 6.38. The van der Waals surface area contributed by atoms with Gasteiger partial charge in [-0.25, -0.2) is 0 Å². The van der Waals surface area contributed by atoms with Gasteiger partial charge in [0.1, 0.15) is 0 Å². The Bertz CT molecular complexity index is 256. The molecule has 4 nitrogen and oxygen atoms in total. The van der Waals surface area contributed by atoms with E-state index in [1.165, 1.54) is 0 Å². The number of amides is 1. The van der Waals surface area contributed by atoms with Crippen LogP contribution in [0.15, 0.2) is 0 Å². The van der Waals surface area contributed by atoms with Gasteiger partial charge in [-0.2, -0.15) is 0 Å². The SMILES string of the molecule is CC1(N2CCC(=O)C2=O)CCOC1. The minimum Gasteiger partial charge on any atom is -0.379 e. The van der Waals surface area contributed by atoms with Gasteiger partial charge in [-0.05, 0) is 13.3 Å². The van der Waals surface area contributed by atoms with Crippen molar-refractivity contribution in [1.29, 1.82) is 0 Å². The summed E-state index contributed by atoms with van der Waals surface area (Å²) in [6.07, 6.45) is 1.21. The topological polar surface area (TPSA) is 46.6 Å². The van der Waals surface area contributed by atoms with Crippen molar-refractivity contribution in [2.75, 3.05) is 19.8 Å². The number of nitrogens with zero attached hydrogens (tertiary/aromatic N) is 1.